The number of piperidine rings is 1. The quantitative estimate of drug-likeness (QED) is 0.851. The highest BCUT2D eigenvalue weighted by atomic mass is 16.3. The van der Waals surface area contributed by atoms with Gasteiger partial charge in [0.1, 0.15) is 0 Å². The average Bonchev–Trinajstić information content (AvgIpc) is 2.83. The Kier molecular flexibility index (Phi) is 4.04. The van der Waals surface area contributed by atoms with Gasteiger partial charge in [-0.2, -0.15) is 0 Å². The molecule has 3 rings (SSSR count). The zero-order valence-corrected chi connectivity index (χ0v) is 12.7. The van der Waals surface area contributed by atoms with E-state index in [1.54, 1.807) is 0 Å². The number of carbonyl (C=O) groups excluding carboxylic acids is 1. The third-order valence-electron chi connectivity index (χ3n) is 5.85. The Hall–Kier alpha value is -0.610. The van der Waals surface area contributed by atoms with Crippen LogP contribution in [0.25, 0.3) is 0 Å². The molecule has 114 valence electrons. The zero-order valence-electron chi connectivity index (χ0n) is 12.7. The topological polar surface area (TPSA) is 43.8 Å². The number of carbonyl (C=O) groups is 1. The van der Waals surface area contributed by atoms with E-state index < -0.39 is 5.60 Å². The Balaban J connectivity index is 1.54. The van der Waals surface area contributed by atoms with Gasteiger partial charge in [0.15, 0.2) is 0 Å². The summed E-state index contributed by atoms with van der Waals surface area (Å²) in [5.74, 6) is 0.951. The van der Waals surface area contributed by atoms with Crippen LogP contribution in [0.3, 0.4) is 0 Å². The van der Waals surface area contributed by atoms with Crippen molar-refractivity contribution >= 4 is 5.91 Å². The molecule has 4 nitrogen and oxygen atoms in total. The summed E-state index contributed by atoms with van der Waals surface area (Å²) in [6.07, 6.45) is 6.82. The lowest BCUT2D eigenvalue weighted by Crippen LogP contribution is -2.58. The fourth-order valence-corrected chi connectivity index (χ4v) is 4.11. The second-order valence-electron chi connectivity index (χ2n) is 7.09. The van der Waals surface area contributed by atoms with Crippen LogP contribution >= 0.6 is 0 Å². The summed E-state index contributed by atoms with van der Waals surface area (Å²) in [6, 6.07) is 0. The lowest BCUT2D eigenvalue weighted by molar-refractivity contribution is -0.151. The van der Waals surface area contributed by atoms with Crippen LogP contribution in [0.1, 0.15) is 45.4 Å². The minimum absolute atomic E-state index is 0.212. The lowest BCUT2D eigenvalue weighted by atomic mass is 9.65. The number of nitrogens with zero attached hydrogens (tertiary/aromatic N) is 2. The number of hydrogen-bond donors (Lipinski definition) is 1. The van der Waals surface area contributed by atoms with Gasteiger partial charge in [0.2, 0.25) is 5.91 Å². The zero-order chi connectivity index (χ0) is 14.2. The first-order valence-electron chi connectivity index (χ1n) is 8.32. The van der Waals surface area contributed by atoms with Crippen molar-refractivity contribution in [2.24, 2.45) is 11.8 Å². The van der Waals surface area contributed by atoms with Crippen LogP contribution in [0, 0.1) is 11.8 Å². The molecule has 0 unspecified atom stereocenters. The Labute approximate surface area is 122 Å². The molecular weight excluding hydrogens is 252 g/mol. The van der Waals surface area contributed by atoms with E-state index in [1.165, 1.54) is 32.1 Å². The van der Waals surface area contributed by atoms with Crippen LogP contribution in [0.15, 0.2) is 0 Å². The van der Waals surface area contributed by atoms with E-state index in [0.29, 0.717) is 12.5 Å². The van der Waals surface area contributed by atoms with Crippen LogP contribution in [-0.4, -0.2) is 59.1 Å². The first-order valence-corrected chi connectivity index (χ1v) is 8.32. The number of hydrogen-bond acceptors (Lipinski definition) is 3. The Morgan fingerprint density at radius 3 is 2.45 bits per heavy atom. The van der Waals surface area contributed by atoms with Gasteiger partial charge in [-0.05, 0) is 51.1 Å². The van der Waals surface area contributed by atoms with E-state index in [-0.39, 0.29) is 11.8 Å². The van der Waals surface area contributed by atoms with Crippen molar-refractivity contribution in [1.29, 1.82) is 0 Å². The molecule has 0 aromatic rings. The molecule has 2 aliphatic heterocycles. The van der Waals surface area contributed by atoms with Crippen molar-refractivity contribution in [3.05, 3.63) is 0 Å². The number of likely N-dealkylation sites (tertiary alicyclic amines) is 2. The molecule has 2 heterocycles. The molecule has 4 heteroatoms. The minimum Gasteiger partial charge on any atom is -0.389 e. The molecule has 0 aromatic heterocycles. The van der Waals surface area contributed by atoms with Gasteiger partial charge in [0, 0.05) is 19.0 Å². The van der Waals surface area contributed by atoms with E-state index in [0.717, 1.165) is 32.6 Å². The van der Waals surface area contributed by atoms with E-state index >= 15 is 0 Å². The molecule has 0 bridgehead atoms. The first-order chi connectivity index (χ1) is 9.59. The summed E-state index contributed by atoms with van der Waals surface area (Å²) in [5, 5.41) is 10.9. The van der Waals surface area contributed by atoms with Crippen molar-refractivity contribution in [3.8, 4) is 0 Å². The normalized spacial score (nSPS) is 36.1. The van der Waals surface area contributed by atoms with Gasteiger partial charge in [0.25, 0.3) is 0 Å². The summed E-state index contributed by atoms with van der Waals surface area (Å²) < 4.78 is 0. The molecule has 0 radical (unpaired) electrons. The highest BCUT2D eigenvalue weighted by Crippen LogP contribution is 2.44. The molecule has 0 spiro atoms. The maximum absolute atomic E-state index is 12.4. The maximum atomic E-state index is 12.4. The standard InChI is InChI=1S/C16H28N2O2/c1-13-11-18(15(19)12-17-8-2-3-9-17)10-7-16(13,20)14-5-4-6-14/h13-14,20H,2-12H2,1H3/t13-,16+/m1/s1. The fourth-order valence-electron chi connectivity index (χ4n) is 4.11. The van der Waals surface area contributed by atoms with Crippen molar-refractivity contribution in [2.45, 2.75) is 51.0 Å². The van der Waals surface area contributed by atoms with Gasteiger partial charge in [-0.15, -0.1) is 0 Å². The summed E-state index contributed by atoms with van der Waals surface area (Å²) in [6.45, 7) is 6.31. The first kappa shape index (κ1) is 14.3. The molecule has 20 heavy (non-hydrogen) atoms. The van der Waals surface area contributed by atoms with Gasteiger partial charge in [0.05, 0.1) is 12.1 Å². The van der Waals surface area contributed by atoms with E-state index in [2.05, 4.69) is 11.8 Å². The average molecular weight is 280 g/mol. The van der Waals surface area contributed by atoms with Gasteiger partial charge in [-0.1, -0.05) is 13.3 Å². The molecule has 2 atom stereocenters. The number of rotatable bonds is 3. The highest BCUT2D eigenvalue weighted by molar-refractivity contribution is 5.78. The van der Waals surface area contributed by atoms with E-state index in [9.17, 15) is 9.90 Å². The third-order valence-corrected chi connectivity index (χ3v) is 5.85. The highest BCUT2D eigenvalue weighted by Gasteiger charge is 2.47. The summed E-state index contributed by atoms with van der Waals surface area (Å²) >= 11 is 0. The van der Waals surface area contributed by atoms with E-state index in [4.69, 9.17) is 0 Å². The molecule has 3 aliphatic rings. The van der Waals surface area contributed by atoms with Crippen LogP contribution in [0.2, 0.25) is 0 Å². The van der Waals surface area contributed by atoms with Crippen molar-refractivity contribution in [1.82, 2.24) is 9.80 Å². The number of aliphatic hydroxyl groups is 1. The molecule has 1 N–H and O–H groups in total. The van der Waals surface area contributed by atoms with E-state index in [1.807, 2.05) is 4.90 Å². The Morgan fingerprint density at radius 2 is 1.90 bits per heavy atom. The van der Waals surface area contributed by atoms with Gasteiger partial charge in [-0.25, -0.2) is 0 Å². The molecular formula is C16H28N2O2. The van der Waals surface area contributed by atoms with Crippen molar-refractivity contribution in [3.63, 3.8) is 0 Å². The predicted molar refractivity (Wildman–Crippen MR) is 78.3 cm³/mol. The predicted octanol–water partition coefficient (Wildman–Crippen LogP) is 1.48. The summed E-state index contributed by atoms with van der Waals surface area (Å²) in [4.78, 5) is 16.6. The molecule has 1 amide bonds. The second-order valence-corrected chi connectivity index (χ2v) is 7.09. The van der Waals surface area contributed by atoms with Crippen molar-refractivity contribution < 1.29 is 9.90 Å². The van der Waals surface area contributed by atoms with Crippen LogP contribution in [0.4, 0.5) is 0 Å². The largest absolute Gasteiger partial charge is 0.389 e. The maximum Gasteiger partial charge on any atom is 0.236 e. The lowest BCUT2D eigenvalue weighted by Gasteiger charge is -2.50. The van der Waals surface area contributed by atoms with Gasteiger partial charge >= 0.3 is 0 Å². The fraction of sp³-hybridized carbons (Fsp3) is 0.938. The molecule has 0 aromatic carbocycles. The second kappa shape index (κ2) is 5.64. The van der Waals surface area contributed by atoms with Crippen molar-refractivity contribution in [2.75, 3.05) is 32.7 Å². The third kappa shape index (κ3) is 2.60. The van der Waals surface area contributed by atoms with Gasteiger partial charge < -0.3 is 10.0 Å². The van der Waals surface area contributed by atoms with Gasteiger partial charge in [-0.3, -0.25) is 9.69 Å². The summed E-state index contributed by atoms with van der Waals surface area (Å²) in [7, 11) is 0. The number of amides is 1. The van der Waals surface area contributed by atoms with Crippen LogP contribution < -0.4 is 0 Å². The smallest absolute Gasteiger partial charge is 0.236 e. The Morgan fingerprint density at radius 1 is 1.20 bits per heavy atom. The molecule has 1 saturated carbocycles. The Bertz CT molecular complexity index is 363. The summed E-state index contributed by atoms with van der Waals surface area (Å²) in [5.41, 5.74) is -0.511. The molecule has 1 aliphatic carbocycles. The monoisotopic (exact) mass is 280 g/mol. The minimum atomic E-state index is -0.511. The van der Waals surface area contributed by atoms with Crippen LogP contribution in [0.5, 0.6) is 0 Å². The van der Waals surface area contributed by atoms with Crippen LogP contribution in [-0.2, 0) is 4.79 Å². The molecule has 3 fully saturated rings. The molecule has 2 saturated heterocycles. The SMILES string of the molecule is C[C@@H]1CN(C(=O)CN2CCCC2)CC[C@@]1(O)C1CCC1.